The van der Waals surface area contributed by atoms with Crippen molar-refractivity contribution in [1.82, 2.24) is 10.3 Å². The van der Waals surface area contributed by atoms with Crippen molar-refractivity contribution >= 4 is 11.8 Å². The van der Waals surface area contributed by atoms with Crippen molar-refractivity contribution in [2.24, 2.45) is 5.73 Å². The van der Waals surface area contributed by atoms with Gasteiger partial charge in [-0.05, 0) is 11.6 Å². The second-order valence-corrected chi connectivity index (χ2v) is 4.31. The number of aromatic nitrogens is 1. The summed E-state index contributed by atoms with van der Waals surface area (Å²) in [4.78, 5) is 27.6. The highest BCUT2D eigenvalue weighted by atomic mass is 16.5. The Hall–Kier alpha value is -2.89. The van der Waals surface area contributed by atoms with E-state index < -0.39 is 17.9 Å². The average molecular weight is 285 g/mol. The number of nitrogens with two attached hydrogens (primary N) is 1. The van der Waals surface area contributed by atoms with Crippen molar-refractivity contribution in [3.8, 4) is 5.88 Å². The molecule has 0 saturated carbocycles. The van der Waals surface area contributed by atoms with Crippen molar-refractivity contribution in [2.45, 2.75) is 6.04 Å². The van der Waals surface area contributed by atoms with Gasteiger partial charge in [-0.3, -0.25) is 9.59 Å². The number of ether oxygens (including phenoxy) is 1. The number of nitrogens with one attached hydrogen (secondary N) is 1. The molecular formula is C15H15N3O3. The molecule has 3 N–H and O–H groups in total. The molecule has 0 aliphatic carbocycles. The van der Waals surface area contributed by atoms with Gasteiger partial charge in [0.2, 0.25) is 11.8 Å². The summed E-state index contributed by atoms with van der Waals surface area (Å²) in [5.41, 5.74) is 6.29. The van der Waals surface area contributed by atoms with E-state index >= 15 is 0 Å². The van der Waals surface area contributed by atoms with Crippen molar-refractivity contribution in [3.63, 3.8) is 0 Å². The Morgan fingerprint density at radius 3 is 2.43 bits per heavy atom. The van der Waals surface area contributed by atoms with Crippen LogP contribution in [0.15, 0.2) is 48.7 Å². The van der Waals surface area contributed by atoms with Crippen molar-refractivity contribution in [1.29, 1.82) is 0 Å². The monoisotopic (exact) mass is 285 g/mol. The summed E-state index contributed by atoms with van der Waals surface area (Å²) in [6.45, 7) is 0. The second-order valence-electron chi connectivity index (χ2n) is 4.31. The summed E-state index contributed by atoms with van der Waals surface area (Å²) >= 11 is 0. The summed E-state index contributed by atoms with van der Waals surface area (Å²) in [6.07, 6.45) is 1.37. The van der Waals surface area contributed by atoms with Crippen LogP contribution in [0.25, 0.3) is 0 Å². The minimum absolute atomic E-state index is 0.318. The van der Waals surface area contributed by atoms with Crippen molar-refractivity contribution in [2.75, 3.05) is 7.11 Å². The summed E-state index contributed by atoms with van der Waals surface area (Å²) in [5, 5.41) is 2.59. The summed E-state index contributed by atoms with van der Waals surface area (Å²) in [7, 11) is 1.49. The number of carbonyl (C=O) groups excluding carboxylic acids is 2. The Kier molecular flexibility index (Phi) is 4.50. The van der Waals surface area contributed by atoms with Gasteiger partial charge in [0.05, 0.1) is 12.7 Å². The zero-order valence-corrected chi connectivity index (χ0v) is 11.4. The molecule has 1 aromatic heterocycles. The number of primary amides is 1. The first kappa shape index (κ1) is 14.5. The van der Waals surface area contributed by atoms with Crippen molar-refractivity contribution < 1.29 is 14.3 Å². The van der Waals surface area contributed by atoms with Gasteiger partial charge in [0.25, 0.3) is 5.91 Å². The molecule has 0 spiro atoms. The molecule has 1 atom stereocenters. The largest absolute Gasteiger partial charge is 0.481 e. The number of carbonyl (C=O) groups is 2. The van der Waals surface area contributed by atoms with Crippen LogP contribution in [0.2, 0.25) is 0 Å². The van der Waals surface area contributed by atoms with Gasteiger partial charge in [0.15, 0.2) is 0 Å². The van der Waals surface area contributed by atoms with Crippen LogP contribution in [0.3, 0.4) is 0 Å². The quantitative estimate of drug-likeness (QED) is 0.858. The van der Waals surface area contributed by atoms with Crippen LogP contribution in [0.5, 0.6) is 5.88 Å². The minimum Gasteiger partial charge on any atom is -0.481 e. The number of hydrogen-bond donors (Lipinski definition) is 2. The molecule has 6 heteroatoms. The zero-order valence-electron chi connectivity index (χ0n) is 11.4. The van der Waals surface area contributed by atoms with Crippen LogP contribution in [-0.2, 0) is 4.79 Å². The van der Waals surface area contributed by atoms with Gasteiger partial charge < -0.3 is 15.8 Å². The molecule has 2 rings (SSSR count). The predicted molar refractivity (Wildman–Crippen MR) is 76.6 cm³/mol. The Morgan fingerprint density at radius 1 is 1.19 bits per heavy atom. The molecule has 1 heterocycles. The lowest BCUT2D eigenvalue weighted by molar-refractivity contribution is -0.120. The molecule has 108 valence electrons. The number of benzene rings is 1. The van der Waals surface area contributed by atoms with E-state index in [1.54, 1.807) is 36.4 Å². The maximum atomic E-state index is 12.1. The fourth-order valence-electron chi connectivity index (χ4n) is 1.81. The molecule has 0 aliphatic rings. The number of hydrogen-bond acceptors (Lipinski definition) is 4. The highest BCUT2D eigenvalue weighted by molar-refractivity contribution is 5.97. The molecule has 6 nitrogen and oxygen atoms in total. The van der Waals surface area contributed by atoms with Gasteiger partial charge in [-0.1, -0.05) is 30.3 Å². The van der Waals surface area contributed by atoms with Gasteiger partial charge in [0.1, 0.15) is 6.04 Å². The molecule has 0 bridgehead atoms. The molecule has 0 radical (unpaired) electrons. The van der Waals surface area contributed by atoms with E-state index in [1.807, 2.05) is 6.07 Å². The number of pyridine rings is 1. The molecular weight excluding hydrogens is 270 g/mol. The molecule has 0 aliphatic heterocycles. The van der Waals surface area contributed by atoms with Gasteiger partial charge in [-0.2, -0.15) is 0 Å². The Labute approximate surface area is 121 Å². The lowest BCUT2D eigenvalue weighted by Gasteiger charge is -2.15. The zero-order chi connectivity index (χ0) is 15.2. The first-order valence-corrected chi connectivity index (χ1v) is 6.27. The molecule has 2 aromatic rings. The van der Waals surface area contributed by atoms with E-state index in [0.717, 1.165) is 0 Å². The third kappa shape index (κ3) is 3.56. The SMILES string of the molecule is COc1ccc(C(=O)N[C@H](C(N)=O)c2ccccc2)cn1. The summed E-state index contributed by atoms with van der Waals surface area (Å²) < 4.78 is 4.92. The first-order chi connectivity index (χ1) is 10.1. The van der Waals surface area contributed by atoms with E-state index in [2.05, 4.69) is 10.3 Å². The van der Waals surface area contributed by atoms with Crippen LogP contribution in [0.1, 0.15) is 22.0 Å². The van der Waals surface area contributed by atoms with E-state index in [4.69, 9.17) is 10.5 Å². The molecule has 2 amide bonds. The molecule has 0 unspecified atom stereocenters. The van der Waals surface area contributed by atoms with E-state index in [1.165, 1.54) is 13.3 Å². The number of methoxy groups -OCH3 is 1. The van der Waals surface area contributed by atoms with E-state index in [0.29, 0.717) is 17.0 Å². The third-order valence-electron chi connectivity index (χ3n) is 2.90. The number of amides is 2. The number of rotatable bonds is 5. The standard InChI is InChI=1S/C15H15N3O3/c1-21-12-8-7-11(9-17-12)15(20)18-13(14(16)19)10-5-3-2-4-6-10/h2-9,13H,1H3,(H2,16,19)(H,18,20)/t13-/m0/s1. The number of nitrogens with zero attached hydrogens (tertiary/aromatic N) is 1. The first-order valence-electron chi connectivity index (χ1n) is 6.27. The second kappa shape index (κ2) is 6.51. The maximum absolute atomic E-state index is 12.1. The highest BCUT2D eigenvalue weighted by Crippen LogP contribution is 2.13. The average Bonchev–Trinajstić information content (AvgIpc) is 2.53. The smallest absolute Gasteiger partial charge is 0.253 e. The lowest BCUT2D eigenvalue weighted by Crippen LogP contribution is -2.37. The molecule has 21 heavy (non-hydrogen) atoms. The van der Waals surface area contributed by atoms with Crippen LogP contribution in [-0.4, -0.2) is 23.9 Å². The fraction of sp³-hybridized carbons (Fsp3) is 0.133. The van der Waals surface area contributed by atoms with Crippen LogP contribution in [0, 0.1) is 0 Å². The lowest BCUT2D eigenvalue weighted by atomic mass is 10.1. The Bertz CT molecular complexity index is 626. The fourth-order valence-corrected chi connectivity index (χ4v) is 1.81. The summed E-state index contributed by atoms with van der Waals surface area (Å²) in [5.74, 6) is -0.658. The van der Waals surface area contributed by atoms with Gasteiger partial charge in [-0.15, -0.1) is 0 Å². The molecule has 0 saturated heterocycles. The van der Waals surface area contributed by atoms with Crippen molar-refractivity contribution in [3.05, 3.63) is 59.8 Å². The van der Waals surface area contributed by atoms with Gasteiger partial charge >= 0.3 is 0 Å². The van der Waals surface area contributed by atoms with Crippen LogP contribution >= 0.6 is 0 Å². The summed E-state index contributed by atoms with van der Waals surface area (Å²) in [6, 6.07) is 11.0. The van der Waals surface area contributed by atoms with Gasteiger partial charge in [0, 0.05) is 12.3 Å². The predicted octanol–water partition coefficient (Wildman–Crippen LogP) is 1.05. The molecule has 0 fully saturated rings. The van der Waals surface area contributed by atoms with E-state index in [9.17, 15) is 9.59 Å². The van der Waals surface area contributed by atoms with E-state index in [-0.39, 0.29) is 0 Å². The molecule has 1 aromatic carbocycles. The van der Waals surface area contributed by atoms with Crippen LogP contribution in [0.4, 0.5) is 0 Å². The third-order valence-corrected chi connectivity index (χ3v) is 2.90. The topological polar surface area (TPSA) is 94.3 Å². The Balaban J connectivity index is 2.16. The normalized spacial score (nSPS) is 11.5. The Morgan fingerprint density at radius 2 is 1.90 bits per heavy atom. The highest BCUT2D eigenvalue weighted by Gasteiger charge is 2.20. The maximum Gasteiger partial charge on any atom is 0.253 e. The van der Waals surface area contributed by atoms with Gasteiger partial charge in [-0.25, -0.2) is 4.98 Å². The minimum atomic E-state index is -0.888. The van der Waals surface area contributed by atoms with Crippen LogP contribution < -0.4 is 15.8 Å².